The van der Waals surface area contributed by atoms with Crippen molar-refractivity contribution in [2.24, 2.45) is 0 Å². The summed E-state index contributed by atoms with van der Waals surface area (Å²) in [6.07, 6.45) is 0. The van der Waals surface area contributed by atoms with Gasteiger partial charge in [-0.1, -0.05) is 31.0 Å². The zero-order valence-corrected chi connectivity index (χ0v) is 6.15. The van der Waals surface area contributed by atoms with Crippen LogP contribution in [0.15, 0.2) is 24.3 Å². The topological polar surface area (TPSA) is 12.0 Å². The molecule has 0 unspecified atom stereocenters. The zero-order valence-electron chi connectivity index (χ0n) is 5.26. The first-order valence-electron chi connectivity index (χ1n) is 2.80. The van der Waals surface area contributed by atoms with Gasteiger partial charge < -0.3 is 4.72 Å². The number of hydrogen-bond donors (Lipinski definition) is 2. The third kappa shape index (κ3) is 1.39. The summed E-state index contributed by atoms with van der Waals surface area (Å²) in [5.74, 6) is 0. The van der Waals surface area contributed by atoms with Gasteiger partial charge in [0.05, 0.1) is 0 Å². The van der Waals surface area contributed by atoms with Crippen molar-refractivity contribution in [3.63, 3.8) is 0 Å². The Balaban J connectivity index is 3.01. The number of para-hydroxylation sites is 1. The van der Waals surface area contributed by atoms with Gasteiger partial charge in [0.1, 0.15) is 0 Å². The molecule has 0 amide bonds. The Labute approximate surface area is 60.6 Å². The number of nitrogens with one attached hydrogen (secondary N) is 1. The molecule has 0 saturated carbocycles. The molecule has 0 saturated heterocycles. The lowest BCUT2D eigenvalue weighted by Gasteiger charge is -2.00. The minimum atomic E-state index is 1.07. The summed E-state index contributed by atoms with van der Waals surface area (Å²) in [6, 6.07) is 8.01. The van der Waals surface area contributed by atoms with Gasteiger partial charge in [-0.15, -0.1) is 0 Å². The first-order chi connectivity index (χ1) is 4.34. The SMILES string of the molecule is Cc1ccccc1NS. The van der Waals surface area contributed by atoms with Crippen molar-refractivity contribution in [2.75, 3.05) is 4.72 Å². The first-order valence-corrected chi connectivity index (χ1v) is 3.25. The molecule has 0 heterocycles. The predicted octanol–water partition coefficient (Wildman–Crippen LogP) is 2.25. The number of benzene rings is 1. The smallest absolute Gasteiger partial charge is 0.0467 e. The Morgan fingerprint density at radius 3 is 2.44 bits per heavy atom. The Morgan fingerprint density at radius 1 is 1.33 bits per heavy atom. The van der Waals surface area contributed by atoms with E-state index < -0.39 is 0 Å². The van der Waals surface area contributed by atoms with Crippen LogP contribution < -0.4 is 4.72 Å². The average Bonchev–Trinajstić information content (AvgIpc) is 1.89. The normalized spacial score (nSPS) is 9.11. The van der Waals surface area contributed by atoms with E-state index in [0.717, 1.165) is 5.69 Å². The van der Waals surface area contributed by atoms with Gasteiger partial charge in [0.25, 0.3) is 0 Å². The van der Waals surface area contributed by atoms with Crippen molar-refractivity contribution in [1.29, 1.82) is 0 Å². The summed E-state index contributed by atoms with van der Waals surface area (Å²) in [7, 11) is 0. The Kier molecular flexibility index (Phi) is 2.01. The van der Waals surface area contributed by atoms with E-state index >= 15 is 0 Å². The summed E-state index contributed by atoms with van der Waals surface area (Å²) in [4.78, 5) is 0. The third-order valence-electron chi connectivity index (χ3n) is 1.27. The highest BCUT2D eigenvalue weighted by atomic mass is 32.1. The van der Waals surface area contributed by atoms with Crippen LogP contribution >= 0.6 is 12.8 Å². The number of rotatable bonds is 1. The molecule has 0 radical (unpaired) electrons. The van der Waals surface area contributed by atoms with Gasteiger partial charge in [-0.3, -0.25) is 0 Å². The number of thiol groups is 1. The molecule has 0 spiro atoms. The molecule has 0 aliphatic carbocycles. The van der Waals surface area contributed by atoms with E-state index in [1.807, 2.05) is 31.2 Å². The van der Waals surface area contributed by atoms with E-state index in [1.165, 1.54) is 5.56 Å². The van der Waals surface area contributed by atoms with E-state index in [9.17, 15) is 0 Å². The van der Waals surface area contributed by atoms with Gasteiger partial charge in [0.2, 0.25) is 0 Å². The highest BCUT2D eigenvalue weighted by Crippen LogP contribution is 2.12. The zero-order chi connectivity index (χ0) is 6.69. The molecule has 0 aromatic heterocycles. The summed E-state index contributed by atoms with van der Waals surface area (Å²) < 4.78 is 2.79. The third-order valence-corrected chi connectivity index (χ3v) is 1.51. The minimum absolute atomic E-state index is 1.07. The first kappa shape index (κ1) is 6.49. The molecular weight excluding hydrogens is 130 g/mol. The van der Waals surface area contributed by atoms with Crippen molar-refractivity contribution in [1.82, 2.24) is 0 Å². The molecule has 1 aromatic carbocycles. The number of hydrogen-bond acceptors (Lipinski definition) is 2. The van der Waals surface area contributed by atoms with Gasteiger partial charge >= 0.3 is 0 Å². The maximum atomic E-state index is 3.93. The molecule has 1 N–H and O–H groups in total. The lowest BCUT2D eigenvalue weighted by Crippen LogP contribution is -1.82. The van der Waals surface area contributed by atoms with E-state index in [-0.39, 0.29) is 0 Å². The molecular formula is C7H9NS. The van der Waals surface area contributed by atoms with E-state index in [0.29, 0.717) is 0 Å². The van der Waals surface area contributed by atoms with Crippen molar-refractivity contribution in [3.05, 3.63) is 29.8 Å². The van der Waals surface area contributed by atoms with Gasteiger partial charge in [0, 0.05) is 5.69 Å². The molecule has 1 rings (SSSR count). The lowest BCUT2D eigenvalue weighted by molar-refractivity contribution is 1.47. The van der Waals surface area contributed by atoms with Crippen LogP contribution in [0.3, 0.4) is 0 Å². The van der Waals surface area contributed by atoms with Crippen LogP contribution in [0.5, 0.6) is 0 Å². The molecule has 0 aliphatic rings. The van der Waals surface area contributed by atoms with Crippen molar-refractivity contribution in [2.45, 2.75) is 6.92 Å². The summed E-state index contributed by atoms with van der Waals surface area (Å²) in [6.45, 7) is 2.04. The van der Waals surface area contributed by atoms with Gasteiger partial charge in [-0.25, -0.2) is 0 Å². The summed E-state index contributed by atoms with van der Waals surface area (Å²) in [5.41, 5.74) is 2.29. The van der Waals surface area contributed by atoms with E-state index in [1.54, 1.807) is 0 Å². The molecule has 48 valence electrons. The largest absolute Gasteiger partial charge is 0.332 e. The quantitative estimate of drug-likeness (QED) is 0.569. The average molecular weight is 139 g/mol. The van der Waals surface area contributed by atoms with Gasteiger partial charge in [-0.05, 0) is 18.6 Å². The molecule has 2 heteroatoms. The van der Waals surface area contributed by atoms with Gasteiger partial charge in [0.15, 0.2) is 0 Å². The van der Waals surface area contributed by atoms with Crippen LogP contribution in [0.2, 0.25) is 0 Å². The monoisotopic (exact) mass is 139 g/mol. The van der Waals surface area contributed by atoms with E-state index in [2.05, 4.69) is 17.5 Å². The molecule has 0 fully saturated rings. The van der Waals surface area contributed by atoms with Crippen LogP contribution in [-0.2, 0) is 0 Å². The second-order valence-electron chi connectivity index (χ2n) is 1.93. The Bertz CT molecular complexity index is 198. The highest BCUT2D eigenvalue weighted by Gasteiger charge is 1.89. The Hall–Kier alpha value is -0.630. The number of anilines is 1. The summed E-state index contributed by atoms with van der Waals surface area (Å²) >= 11 is 3.93. The maximum Gasteiger partial charge on any atom is 0.0467 e. The lowest BCUT2D eigenvalue weighted by atomic mass is 10.2. The fourth-order valence-corrected chi connectivity index (χ4v) is 0.949. The Morgan fingerprint density at radius 2 is 2.00 bits per heavy atom. The van der Waals surface area contributed by atoms with Crippen LogP contribution in [0.25, 0.3) is 0 Å². The fourth-order valence-electron chi connectivity index (χ4n) is 0.698. The number of aryl methyl sites for hydroxylation is 1. The van der Waals surface area contributed by atoms with Crippen molar-refractivity contribution in [3.8, 4) is 0 Å². The van der Waals surface area contributed by atoms with Crippen molar-refractivity contribution >= 4 is 18.5 Å². The highest BCUT2D eigenvalue weighted by molar-refractivity contribution is 7.81. The van der Waals surface area contributed by atoms with Crippen molar-refractivity contribution < 1.29 is 0 Å². The molecule has 0 bridgehead atoms. The standard InChI is InChI=1S/C7H9NS/c1-6-4-2-3-5-7(6)8-9/h2-5,8-9H,1H3. The predicted molar refractivity (Wildman–Crippen MR) is 43.8 cm³/mol. The second kappa shape index (κ2) is 2.78. The fraction of sp³-hybridized carbons (Fsp3) is 0.143. The second-order valence-corrected chi connectivity index (χ2v) is 2.15. The van der Waals surface area contributed by atoms with Crippen LogP contribution in [0.1, 0.15) is 5.56 Å². The molecule has 0 atom stereocenters. The molecule has 0 aliphatic heterocycles. The summed E-state index contributed by atoms with van der Waals surface area (Å²) in [5, 5.41) is 0. The van der Waals surface area contributed by atoms with Crippen LogP contribution in [-0.4, -0.2) is 0 Å². The molecule has 1 aromatic rings. The maximum absolute atomic E-state index is 3.93. The van der Waals surface area contributed by atoms with Crippen LogP contribution in [0, 0.1) is 6.92 Å². The molecule has 1 nitrogen and oxygen atoms in total. The molecule has 9 heavy (non-hydrogen) atoms. The van der Waals surface area contributed by atoms with Gasteiger partial charge in [-0.2, -0.15) is 0 Å². The minimum Gasteiger partial charge on any atom is -0.332 e. The van der Waals surface area contributed by atoms with Crippen LogP contribution in [0.4, 0.5) is 5.69 Å². The van der Waals surface area contributed by atoms with E-state index in [4.69, 9.17) is 0 Å².